The van der Waals surface area contributed by atoms with E-state index >= 15 is 0 Å². The third-order valence-corrected chi connectivity index (χ3v) is 4.49. The molecule has 1 amide bonds. The van der Waals surface area contributed by atoms with Gasteiger partial charge in [-0.15, -0.1) is 0 Å². The molecule has 0 atom stereocenters. The van der Waals surface area contributed by atoms with Crippen molar-refractivity contribution >= 4 is 58.2 Å². The van der Waals surface area contributed by atoms with Gasteiger partial charge in [-0.2, -0.15) is 5.26 Å². The van der Waals surface area contributed by atoms with Crippen LogP contribution in [0.2, 0.25) is 15.1 Å². The predicted octanol–water partition coefficient (Wildman–Crippen LogP) is 5.12. The monoisotopic (exact) mass is 455 g/mol. The van der Waals surface area contributed by atoms with Gasteiger partial charge in [0, 0.05) is 12.1 Å². The van der Waals surface area contributed by atoms with Crippen LogP contribution >= 0.6 is 34.8 Å². The fourth-order valence-corrected chi connectivity index (χ4v) is 3.17. The zero-order valence-electron chi connectivity index (χ0n) is 15.0. The van der Waals surface area contributed by atoms with Gasteiger partial charge in [0.1, 0.15) is 11.6 Å². The third-order valence-electron chi connectivity index (χ3n) is 3.61. The van der Waals surface area contributed by atoms with Gasteiger partial charge < -0.3 is 14.8 Å². The number of amides is 1. The molecule has 150 valence electrons. The number of nitrogens with zero attached hydrogens (tertiary/aromatic N) is 2. The van der Waals surface area contributed by atoms with Crippen molar-refractivity contribution in [2.45, 2.75) is 0 Å². The molecule has 0 bridgehead atoms. The minimum absolute atomic E-state index is 0.0598. The van der Waals surface area contributed by atoms with E-state index in [0.717, 1.165) is 12.1 Å². The Morgan fingerprint density at radius 2 is 1.76 bits per heavy atom. The molecule has 0 aliphatic carbocycles. The molecule has 2 aromatic carbocycles. The van der Waals surface area contributed by atoms with Crippen molar-refractivity contribution < 1.29 is 19.2 Å². The number of ether oxygens (including phenoxy) is 2. The van der Waals surface area contributed by atoms with Gasteiger partial charge in [0.15, 0.2) is 11.5 Å². The van der Waals surface area contributed by atoms with Crippen LogP contribution in [0.4, 0.5) is 11.4 Å². The van der Waals surface area contributed by atoms with Crippen LogP contribution in [0.1, 0.15) is 5.56 Å². The smallest absolute Gasteiger partial charge is 0.272 e. The largest absolute Gasteiger partial charge is 0.493 e. The number of anilines is 1. The lowest BCUT2D eigenvalue weighted by Gasteiger charge is -2.11. The minimum atomic E-state index is -0.823. The predicted molar refractivity (Wildman–Crippen MR) is 110 cm³/mol. The van der Waals surface area contributed by atoms with Crippen molar-refractivity contribution in [3.63, 3.8) is 0 Å². The lowest BCUT2D eigenvalue weighted by atomic mass is 10.1. The van der Waals surface area contributed by atoms with Crippen molar-refractivity contribution in [2.24, 2.45) is 0 Å². The van der Waals surface area contributed by atoms with Crippen molar-refractivity contribution in [1.82, 2.24) is 0 Å². The Bertz CT molecular complexity index is 1040. The average Bonchev–Trinajstić information content (AvgIpc) is 2.67. The highest BCUT2D eigenvalue weighted by Gasteiger charge is 2.19. The lowest BCUT2D eigenvalue weighted by Crippen LogP contribution is -2.14. The van der Waals surface area contributed by atoms with Crippen LogP contribution in [0.5, 0.6) is 11.5 Å². The Hall–Kier alpha value is -2.99. The molecule has 0 saturated heterocycles. The normalized spacial score (nSPS) is 10.8. The van der Waals surface area contributed by atoms with Crippen molar-refractivity contribution in [2.75, 3.05) is 19.5 Å². The second kappa shape index (κ2) is 9.47. The van der Waals surface area contributed by atoms with Gasteiger partial charge >= 0.3 is 0 Å². The molecule has 0 aromatic heterocycles. The first-order chi connectivity index (χ1) is 13.7. The molecule has 0 heterocycles. The zero-order valence-corrected chi connectivity index (χ0v) is 17.2. The molecule has 0 aliphatic rings. The first-order valence-corrected chi connectivity index (χ1v) is 8.83. The highest BCUT2D eigenvalue weighted by Crippen LogP contribution is 2.37. The highest BCUT2D eigenvalue weighted by molar-refractivity contribution is 6.40. The first kappa shape index (κ1) is 22.3. The van der Waals surface area contributed by atoms with E-state index in [2.05, 4.69) is 5.32 Å². The molecule has 8 nitrogen and oxygen atoms in total. The molecule has 0 spiro atoms. The number of nitrogens with one attached hydrogen (secondary N) is 1. The molecular formula is C18H12Cl3N3O5. The van der Waals surface area contributed by atoms with Gasteiger partial charge in [0.05, 0.1) is 39.9 Å². The first-order valence-electron chi connectivity index (χ1n) is 7.69. The quantitative estimate of drug-likeness (QED) is 0.279. The van der Waals surface area contributed by atoms with E-state index in [1.807, 2.05) is 0 Å². The van der Waals surface area contributed by atoms with Crippen LogP contribution in [0.15, 0.2) is 29.8 Å². The summed E-state index contributed by atoms with van der Waals surface area (Å²) in [6, 6.07) is 6.85. The van der Waals surface area contributed by atoms with Crippen LogP contribution in [-0.2, 0) is 4.79 Å². The Kier molecular flexibility index (Phi) is 7.29. The summed E-state index contributed by atoms with van der Waals surface area (Å²) in [6.07, 6.45) is 1.27. The van der Waals surface area contributed by atoms with Gasteiger partial charge in [0.2, 0.25) is 0 Å². The number of nitro benzene ring substituents is 1. The van der Waals surface area contributed by atoms with Crippen LogP contribution in [0.25, 0.3) is 6.08 Å². The lowest BCUT2D eigenvalue weighted by molar-refractivity contribution is -0.384. The number of carbonyl (C=O) groups is 1. The van der Waals surface area contributed by atoms with Crippen LogP contribution in [-0.4, -0.2) is 25.1 Å². The maximum Gasteiger partial charge on any atom is 0.272 e. The van der Waals surface area contributed by atoms with E-state index in [0.29, 0.717) is 17.1 Å². The van der Waals surface area contributed by atoms with Crippen molar-refractivity contribution in [3.8, 4) is 17.6 Å². The number of hydrogen-bond acceptors (Lipinski definition) is 6. The van der Waals surface area contributed by atoms with Crippen LogP contribution in [0.3, 0.4) is 0 Å². The summed E-state index contributed by atoms with van der Waals surface area (Å²) in [4.78, 5) is 22.7. The molecule has 0 fully saturated rings. The highest BCUT2D eigenvalue weighted by atomic mass is 35.5. The second-order valence-corrected chi connectivity index (χ2v) is 6.63. The van der Waals surface area contributed by atoms with Crippen molar-refractivity contribution in [3.05, 3.63) is 60.6 Å². The van der Waals surface area contributed by atoms with Crippen LogP contribution in [0, 0.1) is 21.4 Å². The number of methoxy groups -OCH3 is 2. The van der Waals surface area contributed by atoms with E-state index in [1.54, 1.807) is 6.07 Å². The molecule has 11 heteroatoms. The summed E-state index contributed by atoms with van der Waals surface area (Å²) in [5.74, 6) is -0.208. The maximum absolute atomic E-state index is 12.5. The third kappa shape index (κ3) is 5.09. The summed E-state index contributed by atoms with van der Waals surface area (Å²) >= 11 is 18.1. The Morgan fingerprint density at radius 1 is 1.14 bits per heavy atom. The SMILES string of the molecule is COc1cc(/C=C(\C#N)C(=O)Nc2c(Cl)cc([N+](=O)[O-])cc2Cl)cc(Cl)c1OC. The molecule has 2 rings (SSSR count). The van der Waals surface area contributed by atoms with Gasteiger partial charge in [-0.05, 0) is 23.8 Å². The summed E-state index contributed by atoms with van der Waals surface area (Å²) in [5, 5.41) is 22.5. The van der Waals surface area contributed by atoms with E-state index in [-0.39, 0.29) is 32.0 Å². The van der Waals surface area contributed by atoms with E-state index < -0.39 is 10.8 Å². The van der Waals surface area contributed by atoms with Gasteiger partial charge in [-0.1, -0.05) is 34.8 Å². The topological polar surface area (TPSA) is 114 Å². The van der Waals surface area contributed by atoms with E-state index in [1.165, 1.54) is 32.4 Å². The number of carbonyl (C=O) groups excluding carboxylic acids is 1. The molecule has 0 radical (unpaired) electrons. The van der Waals surface area contributed by atoms with Gasteiger partial charge in [-0.3, -0.25) is 14.9 Å². The Balaban J connectivity index is 2.39. The van der Waals surface area contributed by atoms with Gasteiger partial charge in [-0.25, -0.2) is 0 Å². The Morgan fingerprint density at radius 3 is 2.24 bits per heavy atom. The average molecular weight is 457 g/mol. The fourth-order valence-electron chi connectivity index (χ4n) is 2.30. The fraction of sp³-hybridized carbons (Fsp3) is 0.111. The number of benzene rings is 2. The molecule has 0 saturated carbocycles. The molecular weight excluding hydrogens is 445 g/mol. The molecule has 0 unspecified atom stereocenters. The number of rotatable bonds is 6. The summed E-state index contributed by atoms with van der Waals surface area (Å²) in [7, 11) is 2.84. The standard InChI is InChI=1S/C18H12Cl3N3O5/c1-28-15-5-9(4-14(21)17(15)29-2)3-10(8-22)18(25)23-16-12(19)6-11(24(26)27)7-13(16)20/h3-7H,1-2H3,(H,23,25)/b10-3+. The molecule has 29 heavy (non-hydrogen) atoms. The van der Waals surface area contributed by atoms with Crippen LogP contribution < -0.4 is 14.8 Å². The second-order valence-electron chi connectivity index (χ2n) is 5.40. The number of nitro groups is 1. The van der Waals surface area contributed by atoms with E-state index in [9.17, 15) is 20.2 Å². The maximum atomic E-state index is 12.5. The number of nitriles is 1. The number of hydrogen-bond donors (Lipinski definition) is 1. The summed E-state index contributed by atoms with van der Waals surface area (Å²) < 4.78 is 10.3. The summed E-state index contributed by atoms with van der Waals surface area (Å²) in [6.45, 7) is 0. The molecule has 2 aromatic rings. The van der Waals surface area contributed by atoms with E-state index in [4.69, 9.17) is 44.3 Å². The molecule has 1 N–H and O–H groups in total. The Labute approximate surface area is 180 Å². The molecule has 0 aliphatic heterocycles. The van der Waals surface area contributed by atoms with Crippen molar-refractivity contribution in [1.29, 1.82) is 5.26 Å². The number of non-ortho nitro benzene ring substituents is 1. The van der Waals surface area contributed by atoms with Gasteiger partial charge in [0.25, 0.3) is 11.6 Å². The minimum Gasteiger partial charge on any atom is -0.493 e. The number of halogens is 3. The summed E-state index contributed by atoms with van der Waals surface area (Å²) in [5.41, 5.74) is -0.288. The zero-order chi connectivity index (χ0) is 21.7.